The second kappa shape index (κ2) is 10.5. The molecule has 1 atom stereocenters. The molecule has 3 aromatic rings. The van der Waals surface area contributed by atoms with Crippen LogP contribution in [0.25, 0.3) is 5.57 Å². The Labute approximate surface area is 177 Å². The Bertz CT molecular complexity index is 968. The summed E-state index contributed by atoms with van der Waals surface area (Å²) < 4.78 is 1.82. The third-order valence-corrected chi connectivity index (χ3v) is 5.05. The van der Waals surface area contributed by atoms with Gasteiger partial charge in [0.05, 0.1) is 5.92 Å². The first-order chi connectivity index (χ1) is 14.1. The Morgan fingerprint density at radius 2 is 1.55 bits per heavy atom. The van der Waals surface area contributed by atoms with Gasteiger partial charge in [0.25, 0.3) is 0 Å². The van der Waals surface area contributed by atoms with Crippen molar-refractivity contribution >= 4 is 23.8 Å². The fourth-order valence-electron chi connectivity index (χ4n) is 3.10. The highest BCUT2D eigenvalue weighted by molar-refractivity contribution is 7.71. The highest BCUT2D eigenvalue weighted by Crippen LogP contribution is 2.24. The van der Waals surface area contributed by atoms with Crippen molar-refractivity contribution in [2.75, 3.05) is 0 Å². The summed E-state index contributed by atoms with van der Waals surface area (Å²) in [5.41, 5.74) is 3.62. The molecule has 0 fully saturated rings. The van der Waals surface area contributed by atoms with Crippen molar-refractivity contribution in [3.05, 3.63) is 107 Å². The molecule has 0 aliphatic carbocycles. The van der Waals surface area contributed by atoms with E-state index in [0.29, 0.717) is 4.64 Å². The molecule has 2 aromatic carbocycles. The van der Waals surface area contributed by atoms with E-state index in [-0.39, 0.29) is 11.9 Å². The van der Waals surface area contributed by atoms with Gasteiger partial charge in [0, 0.05) is 6.20 Å². The van der Waals surface area contributed by atoms with Crippen molar-refractivity contribution in [2.45, 2.75) is 26.2 Å². The van der Waals surface area contributed by atoms with Crippen LogP contribution in [0.5, 0.6) is 0 Å². The van der Waals surface area contributed by atoms with E-state index in [1.54, 1.807) is 18.3 Å². The second-order valence-corrected chi connectivity index (χ2v) is 7.38. The zero-order valence-electron chi connectivity index (χ0n) is 16.5. The van der Waals surface area contributed by atoms with Gasteiger partial charge in [-0.25, -0.2) is 4.79 Å². The summed E-state index contributed by atoms with van der Waals surface area (Å²) in [5, 5.41) is 0. The maximum Gasteiger partial charge on any atom is 0.335 e. The molecule has 0 saturated heterocycles. The van der Waals surface area contributed by atoms with E-state index < -0.39 is 0 Å². The first kappa shape index (κ1) is 20.7. The molecule has 3 rings (SSSR count). The lowest BCUT2D eigenvalue weighted by Gasteiger charge is -2.12. The van der Waals surface area contributed by atoms with Gasteiger partial charge in [-0.2, -0.15) is 4.73 Å². The maximum atomic E-state index is 12.3. The van der Waals surface area contributed by atoms with Crippen molar-refractivity contribution in [1.82, 2.24) is 4.73 Å². The molecule has 0 amide bonds. The number of carbonyl (C=O) groups is 1. The van der Waals surface area contributed by atoms with Crippen LogP contribution < -0.4 is 4.84 Å². The van der Waals surface area contributed by atoms with Gasteiger partial charge in [-0.15, -0.1) is 0 Å². The molecular formula is C25H25NO2S. The quantitative estimate of drug-likeness (QED) is 0.336. The normalized spacial score (nSPS) is 11.5. The second-order valence-electron chi connectivity index (χ2n) is 6.96. The van der Waals surface area contributed by atoms with E-state index in [9.17, 15) is 4.79 Å². The average molecular weight is 404 g/mol. The van der Waals surface area contributed by atoms with Gasteiger partial charge in [-0.3, -0.25) is 0 Å². The van der Waals surface area contributed by atoms with Crippen LogP contribution in [0.15, 0.2) is 91.1 Å². The fourth-order valence-corrected chi connectivity index (χ4v) is 3.28. The summed E-state index contributed by atoms with van der Waals surface area (Å²) in [7, 11) is 0. The fraction of sp³-hybridized carbons (Fsp3) is 0.200. The number of pyridine rings is 1. The molecule has 0 spiro atoms. The van der Waals surface area contributed by atoms with Crippen LogP contribution >= 0.6 is 12.2 Å². The van der Waals surface area contributed by atoms with Crippen molar-refractivity contribution in [2.24, 2.45) is 5.92 Å². The number of allylic oxidation sites excluding steroid dienone is 1. The van der Waals surface area contributed by atoms with Gasteiger partial charge >= 0.3 is 5.97 Å². The highest BCUT2D eigenvalue weighted by Gasteiger charge is 2.15. The van der Waals surface area contributed by atoms with Gasteiger partial charge in [0.15, 0.2) is 0 Å². The number of benzene rings is 2. The lowest BCUT2D eigenvalue weighted by molar-refractivity contribution is -0.149. The Kier molecular flexibility index (Phi) is 7.54. The van der Waals surface area contributed by atoms with Crippen LogP contribution in [-0.4, -0.2) is 10.7 Å². The van der Waals surface area contributed by atoms with Crippen LogP contribution in [0.1, 0.15) is 37.3 Å². The first-order valence-electron chi connectivity index (χ1n) is 9.86. The third-order valence-electron chi connectivity index (χ3n) is 4.74. The molecule has 0 saturated carbocycles. The molecule has 1 aromatic heterocycles. The van der Waals surface area contributed by atoms with Gasteiger partial charge in [0.1, 0.15) is 4.64 Å². The minimum Gasteiger partial charge on any atom is -0.335 e. The third kappa shape index (κ3) is 6.00. The number of unbranched alkanes of at least 4 members (excludes halogenated alkanes) is 1. The predicted octanol–water partition coefficient (Wildman–Crippen LogP) is 6.11. The Balaban J connectivity index is 1.60. The lowest BCUT2D eigenvalue weighted by atomic mass is 9.95. The van der Waals surface area contributed by atoms with E-state index in [2.05, 4.69) is 54.6 Å². The highest BCUT2D eigenvalue weighted by atomic mass is 32.1. The number of nitrogens with zero attached hydrogens (tertiary/aromatic N) is 1. The standard InChI is InChI=1S/C25H25NO2S/c1-20(25(27)28-26-19-11-10-18-24(26)29)12-8-9-17-23(21-13-4-2-5-14-21)22-15-6-3-7-16-22/h2-7,10-11,13-20H,8-9,12H2,1H3. The van der Waals surface area contributed by atoms with E-state index in [1.165, 1.54) is 21.4 Å². The van der Waals surface area contributed by atoms with Gasteiger partial charge in [-0.05, 0) is 48.1 Å². The lowest BCUT2D eigenvalue weighted by Crippen LogP contribution is -2.25. The topological polar surface area (TPSA) is 31.2 Å². The van der Waals surface area contributed by atoms with Gasteiger partial charge in [0.2, 0.25) is 0 Å². The molecule has 3 nitrogen and oxygen atoms in total. The minimum absolute atomic E-state index is 0.192. The van der Waals surface area contributed by atoms with Crippen LogP contribution in [-0.2, 0) is 4.79 Å². The number of aromatic nitrogens is 1. The van der Waals surface area contributed by atoms with Crippen molar-refractivity contribution in [1.29, 1.82) is 0 Å². The summed E-state index contributed by atoms with van der Waals surface area (Å²) in [6.07, 6.45) is 6.46. The predicted molar refractivity (Wildman–Crippen MR) is 120 cm³/mol. The zero-order chi connectivity index (χ0) is 20.5. The number of rotatable bonds is 8. The Hall–Kier alpha value is -2.98. The van der Waals surface area contributed by atoms with Crippen molar-refractivity contribution < 1.29 is 9.63 Å². The monoisotopic (exact) mass is 403 g/mol. The molecule has 148 valence electrons. The van der Waals surface area contributed by atoms with E-state index >= 15 is 0 Å². The summed E-state index contributed by atoms with van der Waals surface area (Å²) in [5.74, 6) is -0.454. The molecule has 0 aliphatic rings. The van der Waals surface area contributed by atoms with Gasteiger partial charge < -0.3 is 4.84 Å². The Morgan fingerprint density at radius 3 is 2.14 bits per heavy atom. The van der Waals surface area contributed by atoms with Crippen LogP contribution in [0.4, 0.5) is 0 Å². The van der Waals surface area contributed by atoms with E-state index in [4.69, 9.17) is 17.1 Å². The number of carbonyl (C=O) groups excluding carboxylic acids is 1. The van der Waals surface area contributed by atoms with Gasteiger partial charge in [-0.1, -0.05) is 91.9 Å². The van der Waals surface area contributed by atoms with E-state index in [1.807, 2.05) is 25.1 Å². The largest absolute Gasteiger partial charge is 0.335 e. The maximum absolute atomic E-state index is 12.3. The average Bonchev–Trinajstić information content (AvgIpc) is 2.76. The minimum atomic E-state index is -0.261. The summed E-state index contributed by atoms with van der Waals surface area (Å²) in [4.78, 5) is 17.7. The van der Waals surface area contributed by atoms with Crippen molar-refractivity contribution in [3.8, 4) is 0 Å². The molecule has 0 aliphatic heterocycles. The smallest absolute Gasteiger partial charge is 0.335 e. The summed E-state index contributed by atoms with van der Waals surface area (Å²) >= 11 is 5.16. The first-order valence-corrected chi connectivity index (χ1v) is 10.3. The molecule has 29 heavy (non-hydrogen) atoms. The summed E-state index contributed by atoms with van der Waals surface area (Å²) in [6, 6.07) is 26.1. The van der Waals surface area contributed by atoms with Crippen LogP contribution in [0, 0.1) is 10.6 Å². The molecule has 0 radical (unpaired) electrons. The number of hydrogen-bond acceptors (Lipinski definition) is 3. The van der Waals surface area contributed by atoms with Crippen molar-refractivity contribution in [3.63, 3.8) is 0 Å². The molecule has 1 unspecified atom stereocenters. The summed E-state index contributed by atoms with van der Waals surface area (Å²) in [6.45, 7) is 1.90. The molecular weight excluding hydrogens is 378 g/mol. The molecule has 0 bridgehead atoms. The molecule has 1 heterocycles. The van der Waals surface area contributed by atoms with Crippen LogP contribution in [0.2, 0.25) is 0 Å². The number of hydrogen-bond donors (Lipinski definition) is 0. The SMILES string of the molecule is CC(CCCC=C(c1ccccc1)c1ccccc1)C(=O)On1ccccc1=S. The molecule has 0 N–H and O–H groups in total. The molecule has 4 heteroatoms. The van der Waals surface area contributed by atoms with E-state index in [0.717, 1.165) is 19.3 Å². The zero-order valence-corrected chi connectivity index (χ0v) is 17.3. The Morgan fingerprint density at radius 1 is 0.966 bits per heavy atom. The van der Waals surface area contributed by atoms with Crippen LogP contribution in [0.3, 0.4) is 0 Å².